The molecule has 19 heavy (non-hydrogen) atoms. The number of nitrogen functional groups attached to an aromatic ring is 1. The number of hydrogen-bond donors (Lipinski definition) is 1. The Hall–Kier alpha value is -1.59. The van der Waals surface area contributed by atoms with Crippen LogP contribution in [0, 0.1) is 0 Å². The highest BCUT2D eigenvalue weighted by molar-refractivity contribution is 5.85. The van der Waals surface area contributed by atoms with Gasteiger partial charge in [-0.2, -0.15) is 0 Å². The fourth-order valence-electron chi connectivity index (χ4n) is 2.55. The predicted molar refractivity (Wildman–Crippen MR) is 76.8 cm³/mol. The maximum Gasteiger partial charge on any atom is 0.166 e. The molecule has 1 aliphatic heterocycles. The normalized spacial score (nSPS) is 19.3. The molecule has 3 rings (SSSR count). The molecule has 1 saturated heterocycles. The summed E-state index contributed by atoms with van der Waals surface area (Å²) in [6.45, 7) is 2.05. The van der Waals surface area contributed by atoms with Crippen molar-refractivity contribution in [3.05, 3.63) is 42.1 Å². The first-order chi connectivity index (χ1) is 8.83. The Morgan fingerprint density at radius 1 is 1.26 bits per heavy atom. The lowest BCUT2D eigenvalue weighted by molar-refractivity contribution is 0.169. The molecule has 2 aromatic rings. The van der Waals surface area contributed by atoms with Gasteiger partial charge in [-0.25, -0.2) is 4.68 Å². The van der Waals surface area contributed by atoms with E-state index in [9.17, 15) is 0 Å². The van der Waals surface area contributed by atoms with Gasteiger partial charge in [0.2, 0.25) is 0 Å². The molecule has 0 spiro atoms. The van der Waals surface area contributed by atoms with Gasteiger partial charge in [-0.05, 0) is 18.4 Å². The molecule has 1 atom stereocenters. The molecule has 2 N–H and O–H groups in total. The van der Waals surface area contributed by atoms with Crippen LogP contribution in [-0.4, -0.2) is 26.4 Å². The monoisotopic (exact) mass is 279 g/mol. The van der Waals surface area contributed by atoms with Gasteiger partial charge in [0.25, 0.3) is 0 Å². The van der Waals surface area contributed by atoms with Crippen molar-refractivity contribution in [2.45, 2.75) is 25.6 Å². The summed E-state index contributed by atoms with van der Waals surface area (Å²) < 4.78 is 1.88. The zero-order valence-electron chi connectivity index (χ0n) is 10.6. The summed E-state index contributed by atoms with van der Waals surface area (Å²) in [5, 5.41) is 7.96. The molecule has 0 bridgehead atoms. The molecule has 0 saturated carbocycles. The summed E-state index contributed by atoms with van der Waals surface area (Å²) in [7, 11) is 0. The van der Waals surface area contributed by atoms with Gasteiger partial charge < -0.3 is 5.73 Å². The average Bonchev–Trinajstić information content (AvgIpc) is 2.99. The molecule has 5 nitrogen and oxygen atoms in total. The lowest BCUT2D eigenvalue weighted by atomic mass is 10.2. The average molecular weight is 280 g/mol. The lowest BCUT2D eigenvalue weighted by Gasteiger charge is -2.24. The Kier molecular flexibility index (Phi) is 4.39. The van der Waals surface area contributed by atoms with E-state index in [0.29, 0.717) is 5.82 Å². The molecule has 1 fully saturated rings. The standard InChI is InChI=1S/C13H17N5.ClH/c14-12-10-18(16-15-12)13-7-4-8-17(13)9-11-5-2-1-3-6-11;/h1-3,5-6,10,13H,4,7-9,14H2;1H. The summed E-state index contributed by atoms with van der Waals surface area (Å²) in [4.78, 5) is 2.42. The number of nitrogens with two attached hydrogens (primary N) is 1. The van der Waals surface area contributed by atoms with Gasteiger partial charge in [0.05, 0.1) is 6.20 Å². The molecule has 0 radical (unpaired) electrons. The van der Waals surface area contributed by atoms with E-state index in [1.54, 1.807) is 0 Å². The Balaban J connectivity index is 0.00000133. The van der Waals surface area contributed by atoms with Gasteiger partial charge in [-0.1, -0.05) is 35.5 Å². The SMILES string of the molecule is Cl.Nc1cn(C2CCCN2Cc2ccccc2)nn1. The highest BCUT2D eigenvalue weighted by atomic mass is 35.5. The molecule has 102 valence electrons. The third-order valence-corrected chi connectivity index (χ3v) is 3.39. The lowest BCUT2D eigenvalue weighted by Crippen LogP contribution is -2.27. The Bertz CT molecular complexity index is 513. The van der Waals surface area contributed by atoms with E-state index in [4.69, 9.17) is 5.73 Å². The number of likely N-dealkylation sites (tertiary alicyclic amines) is 1. The third-order valence-electron chi connectivity index (χ3n) is 3.39. The van der Waals surface area contributed by atoms with Crippen LogP contribution in [-0.2, 0) is 6.54 Å². The molecule has 1 unspecified atom stereocenters. The van der Waals surface area contributed by atoms with E-state index in [2.05, 4.69) is 39.5 Å². The van der Waals surface area contributed by atoms with Crippen LogP contribution in [0.4, 0.5) is 5.82 Å². The molecular formula is C13H18ClN5. The van der Waals surface area contributed by atoms with Crippen molar-refractivity contribution in [1.82, 2.24) is 19.9 Å². The second-order valence-electron chi connectivity index (χ2n) is 4.70. The Morgan fingerprint density at radius 2 is 2.05 bits per heavy atom. The maximum atomic E-state index is 5.63. The van der Waals surface area contributed by atoms with Gasteiger partial charge in [0.15, 0.2) is 5.82 Å². The van der Waals surface area contributed by atoms with E-state index in [0.717, 1.165) is 19.5 Å². The van der Waals surface area contributed by atoms with E-state index < -0.39 is 0 Å². The number of rotatable bonds is 3. The highest BCUT2D eigenvalue weighted by Crippen LogP contribution is 2.28. The topological polar surface area (TPSA) is 60.0 Å². The first-order valence-corrected chi connectivity index (χ1v) is 6.28. The molecule has 0 aliphatic carbocycles. The fourth-order valence-corrected chi connectivity index (χ4v) is 2.55. The first-order valence-electron chi connectivity index (χ1n) is 6.28. The molecule has 0 amide bonds. The van der Waals surface area contributed by atoms with E-state index in [1.807, 2.05) is 16.9 Å². The van der Waals surface area contributed by atoms with Crippen molar-refractivity contribution >= 4 is 18.2 Å². The van der Waals surface area contributed by atoms with Crippen LogP contribution in [0.3, 0.4) is 0 Å². The van der Waals surface area contributed by atoms with Crippen LogP contribution < -0.4 is 5.73 Å². The molecule has 6 heteroatoms. The van der Waals surface area contributed by atoms with Crippen molar-refractivity contribution in [2.75, 3.05) is 12.3 Å². The van der Waals surface area contributed by atoms with Gasteiger partial charge in [-0.15, -0.1) is 17.5 Å². The van der Waals surface area contributed by atoms with Crippen LogP contribution in [0.1, 0.15) is 24.6 Å². The number of aromatic nitrogens is 3. The van der Waals surface area contributed by atoms with E-state index in [1.165, 1.54) is 12.0 Å². The zero-order valence-corrected chi connectivity index (χ0v) is 11.5. The highest BCUT2D eigenvalue weighted by Gasteiger charge is 2.26. The van der Waals surface area contributed by atoms with Crippen molar-refractivity contribution in [1.29, 1.82) is 0 Å². The van der Waals surface area contributed by atoms with E-state index >= 15 is 0 Å². The van der Waals surface area contributed by atoms with Crippen LogP contribution in [0.25, 0.3) is 0 Å². The first kappa shape index (κ1) is 13.8. The molecule has 1 aromatic carbocycles. The van der Waals surface area contributed by atoms with Crippen molar-refractivity contribution < 1.29 is 0 Å². The minimum absolute atomic E-state index is 0. The summed E-state index contributed by atoms with van der Waals surface area (Å²) in [5.41, 5.74) is 6.96. The number of nitrogens with zero attached hydrogens (tertiary/aromatic N) is 4. The van der Waals surface area contributed by atoms with Crippen LogP contribution in [0.5, 0.6) is 0 Å². The number of anilines is 1. The largest absolute Gasteiger partial charge is 0.381 e. The summed E-state index contributed by atoms with van der Waals surface area (Å²) >= 11 is 0. The van der Waals surface area contributed by atoms with Crippen molar-refractivity contribution in [2.24, 2.45) is 0 Å². The second kappa shape index (κ2) is 6.04. The summed E-state index contributed by atoms with van der Waals surface area (Å²) in [6, 6.07) is 10.5. The molecule has 1 aliphatic rings. The van der Waals surface area contributed by atoms with Crippen molar-refractivity contribution in [3.63, 3.8) is 0 Å². The minimum Gasteiger partial charge on any atom is -0.381 e. The Morgan fingerprint density at radius 3 is 2.74 bits per heavy atom. The Labute approximate surface area is 118 Å². The third kappa shape index (κ3) is 3.05. The molecule has 1 aromatic heterocycles. The molecule has 2 heterocycles. The smallest absolute Gasteiger partial charge is 0.166 e. The quantitative estimate of drug-likeness (QED) is 0.934. The van der Waals surface area contributed by atoms with E-state index in [-0.39, 0.29) is 18.6 Å². The minimum atomic E-state index is 0. The van der Waals surface area contributed by atoms with Gasteiger partial charge in [-0.3, -0.25) is 4.90 Å². The zero-order chi connectivity index (χ0) is 12.4. The van der Waals surface area contributed by atoms with Gasteiger partial charge in [0.1, 0.15) is 6.17 Å². The van der Waals surface area contributed by atoms with Crippen LogP contribution in [0.2, 0.25) is 0 Å². The summed E-state index contributed by atoms with van der Waals surface area (Å²) in [5.74, 6) is 0.488. The second-order valence-corrected chi connectivity index (χ2v) is 4.70. The van der Waals surface area contributed by atoms with Crippen LogP contribution >= 0.6 is 12.4 Å². The predicted octanol–water partition coefficient (Wildman–Crippen LogP) is 2.08. The molecular weight excluding hydrogens is 262 g/mol. The summed E-state index contributed by atoms with van der Waals surface area (Å²) in [6.07, 6.45) is 4.40. The van der Waals surface area contributed by atoms with Gasteiger partial charge in [0, 0.05) is 13.1 Å². The van der Waals surface area contributed by atoms with Crippen LogP contribution in [0.15, 0.2) is 36.5 Å². The number of benzene rings is 1. The maximum absolute atomic E-state index is 5.63. The number of halogens is 1. The number of hydrogen-bond acceptors (Lipinski definition) is 4. The fraction of sp³-hybridized carbons (Fsp3) is 0.385. The van der Waals surface area contributed by atoms with Crippen molar-refractivity contribution in [3.8, 4) is 0 Å². The van der Waals surface area contributed by atoms with Gasteiger partial charge >= 0.3 is 0 Å².